The molecule has 0 N–H and O–H groups in total. The summed E-state index contributed by atoms with van der Waals surface area (Å²) in [6.07, 6.45) is 3.95. The van der Waals surface area contributed by atoms with Crippen molar-refractivity contribution in [2.24, 2.45) is 14.1 Å². The van der Waals surface area contributed by atoms with E-state index in [1.54, 1.807) is 28.8 Å². The molecule has 0 aromatic carbocycles. The monoisotopic (exact) mass is 368 g/mol. The fraction of sp³-hybridized carbons (Fsp3) is 0.389. The summed E-state index contributed by atoms with van der Waals surface area (Å²) in [5.74, 6) is -0.188. The molecule has 0 aliphatic carbocycles. The first kappa shape index (κ1) is 17.2. The first-order valence-corrected chi connectivity index (χ1v) is 8.80. The Labute approximate surface area is 154 Å². The molecular weight excluding hydrogens is 348 g/mol. The molecule has 0 atom stereocenters. The maximum atomic E-state index is 13.2. The van der Waals surface area contributed by atoms with Crippen molar-refractivity contribution in [1.29, 1.82) is 0 Å². The largest absolute Gasteiger partial charge is 0.332 e. The third kappa shape index (κ3) is 2.49. The summed E-state index contributed by atoms with van der Waals surface area (Å²) in [4.78, 5) is 48.1. The molecule has 0 fully saturated rings. The first-order chi connectivity index (χ1) is 12.9. The van der Waals surface area contributed by atoms with E-state index in [9.17, 15) is 14.4 Å². The van der Waals surface area contributed by atoms with E-state index in [2.05, 4.69) is 9.97 Å². The number of hydrogen-bond donors (Lipinski definition) is 0. The van der Waals surface area contributed by atoms with Gasteiger partial charge in [0.05, 0.1) is 17.6 Å². The summed E-state index contributed by atoms with van der Waals surface area (Å²) in [7, 11) is 3.06. The van der Waals surface area contributed by atoms with Gasteiger partial charge < -0.3 is 9.47 Å². The van der Waals surface area contributed by atoms with Gasteiger partial charge in [0, 0.05) is 38.9 Å². The average molecular weight is 368 g/mol. The molecule has 140 valence electrons. The molecule has 9 heteroatoms. The highest BCUT2D eigenvalue weighted by atomic mass is 16.2. The molecule has 9 nitrogen and oxygen atoms in total. The Hall–Kier alpha value is -3.23. The van der Waals surface area contributed by atoms with Crippen LogP contribution >= 0.6 is 0 Å². The molecule has 1 aliphatic rings. The predicted octanol–water partition coefficient (Wildman–Crippen LogP) is 0.395. The van der Waals surface area contributed by atoms with E-state index in [4.69, 9.17) is 0 Å². The van der Waals surface area contributed by atoms with Crippen LogP contribution in [0.25, 0.3) is 11.0 Å². The highest BCUT2D eigenvalue weighted by Gasteiger charge is 2.29. The minimum atomic E-state index is -0.411. The van der Waals surface area contributed by atoms with Gasteiger partial charge in [0.25, 0.3) is 11.5 Å². The van der Waals surface area contributed by atoms with Crippen molar-refractivity contribution >= 4 is 16.9 Å². The van der Waals surface area contributed by atoms with Gasteiger partial charge in [-0.25, -0.2) is 14.8 Å². The summed E-state index contributed by atoms with van der Waals surface area (Å²) in [6.45, 7) is 3.35. The molecule has 4 heterocycles. The lowest BCUT2D eigenvalue weighted by molar-refractivity contribution is 0.0739. The van der Waals surface area contributed by atoms with E-state index in [1.807, 2.05) is 6.92 Å². The summed E-state index contributed by atoms with van der Waals surface area (Å²) in [6, 6.07) is 1.60. The fourth-order valence-corrected chi connectivity index (χ4v) is 3.67. The van der Waals surface area contributed by atoms with Gasteiger partial charge in [0.15, 0.2) is 0 Å². The fourth-order valence-electron chi connectivity index (χ4n) is 3.67. The van der Waals surface area contributed by atoms with Gasteiger partial charge in [-0.05, 0) is 12.5 Å². The molecule has 27 heavy (non-hydrogen) atoms. The molecule has 0 radical (unpaired) electrons. The Kier molecular flexibility index (Phi) is 3.94. The highest BCUT2D eigenvalue weighted by Crippen LogP contribution is 2.24. The predicted molar refractivity (Wildman–Crippen MR) is 98.3 cm³/mol. The Balaban J connectivity index is 1.87. The summed E-state index contributed by atoms with van der Waals surface area (Å²) in [5.41, 5.74) is 1.83. The van der Waals surface area contributed by atoms with Crippen molar-refractivity contribution in [2.75, 3.05) is 0 Å². The molecule has 3 aromatic rings. The quantitative estimate of drug-likeness (QED) is 0.667. The Morgan fingerprint density at radius 3 is 2.67 bits per heavy atom. The zero-order valence-electron chi connectivity index (χ0n) is 15.5. The second kappa shape index (κ2) is 6.19. The molecule has 0 saturated carbocycles. The maximum absolute atomic E-state index is 13.2. The Morgan fingerprint density at radius 1 is 1.19 bits per heavy atom. The first-order valence-electron chi connectivity index (χ1n) is 8.80. The van der Waals surface area contributed by atoms with Crippen LogP contribution in [-0.2, 0) is 33.7 Å². The molecule has 4 rings (SSSR count). The summed E-state index contributed by atoms with van der Waals surface area (Å²) in [5, 5.41) is 0.368. The Bertz CT molecular complexity index is 1160. The topological polar surface area (TPSA) is 95.0 Å². The van der Waals surface area contributed by atoms with Crippen LogP contribution in [0.2, 0.25) is 0 Å². The second-order valence-electron chi connectivity index (χ2n) is 6.78. The van der Waals surface area contributed by atoms with Gasteiger partial charge >= 0.3 is 5.69 Å². The van der Waals surface area contributed by atoms with Crippen LogP contribution in [-0.4, -0.2) is 34.5 Å². The third-order valence-corrected chi connectivity index (χ3v) is 5.03. The average Bonchev–Trinajstić information content (AvgIpc) is 3.26. The van der Waals surface area contributed by atoms with Crippen LogP contribution in [0.5, 0.6) is 0 Å². The van der Waals surface area contributed by atoms with Crippen LogP contribution in [0.4, 0.5) is 0 Å². The summed E-state index contributed by atoms with van der Waals surface area (Å²) >= 11 is 0. The number of carbonyl (C=O) groups excluding carboxylic acids is 1. The third-order valence-electron chi connectivity index (χ3n) is 5.03. The summed E-state index contributed by atoms with van der Waals surface area (Å²) < 4.78 is 4.26. The van der Waals surface area contributed by atoms with E-state index in [-0.39, 0.29) is 5.91 Å². The molecule has 0 bridgehead atoms. The van der Waals surface area contributed by atoms with Gasteiger partial charge in [-0.15, -0.1) is 0 Å². The lowest BCUT2D eigenvalue weighted by atomic mass is 10.3. The van der Waals surface area contributed by atoms with Crippen molar-refractivity contribution in [3.05, 3.63) is 56.4 Å². The second-order valence-corrected chi connectivity index (χ2v) is 6.78. The number of hydrogen-bond acceptors (Lipinski definition) is 5. The number of nitrogens with zero attached hydrogens (tertiary/aromatic N) is 6. The van der Waals surface area contributed by atoms with E-state index in [0.717, 1.165) is 22.2 Å². The zero-order valence-corrected chi connectivity index (χ0v) is 15.5. The molecular formula is C18H20N6O3. The lowest BCUT2D eigenvalue weighted by Crippen LogP contribution is -2.37. The number of fused-ring (bicyclic) bond motifs is 2. The van der Waals surface area contributed by atoms with Crippen LogP contribution in [0.15, 0.2) is 28.2 Å². The molecule has 1 aliphatic heterocycles. The minimum Gasteiger partial charge on any atom is -0.327 e. The van der Waals surface area contributed by atoms with Crippen molar-refractivity contribution in [3.63, 3.8) is 0 Å². The minimum absolute atomic E-state index is 0.188. The molecule has 0 unspecified atom stereocenters. The van der Waals surface area contributed by atoms with Gasteiger partial charge in [-0.2, -0.15) is 0 Å². The van der Waals surface area contributed by atoms with Gasteiger partial charge in [0.2, 0.25) is 0 Å². The number of aryl methyl sites for hydroxylation is 2. The van der Waals surface area contributed by atoms with Gasteiger partial charge in [-0.3, -0.25) is 18.7 Å². The van der Waals surface area contributed by atoms with Crippen LogP contribution in [0, 0.1) is 0 Å². The van der Waals surface area contributed by atoms with E-state index < -0.39 is 11.2 Å². The van der Waals surface area contributed by atoms with Gasteiger partial charge in [0.1, 0.15) is 17.7 Å². The smallest absolute Gasteiger partial charge is 0.327 e. The standard InChI is InChI=1S/C18H20N6O3/c1-4-5-24-14(6-12-15(24)21(2)18(27)22(3)16(12)25)17(26)23-8-11-7-19-10-20-13(11)9-23/h6-7,10H,4-5,8-9H2,1-3H3. The van der Waals surface area contributed by atoms with E-state index in [1.165, 1.54) is 17.9 Å². The normalized spacial score (nSPS) is 13.4. The maximum Gasteiger partial charge on any atom is 0.332 e. The van der Waals surface area contributed by atoms with Crippen molar-refractivity contribution < 1.29 is 4.79 Å². The van der Waals surface area contributed by atoms with Crippen molar-refractivity contribution in [1.82, 2.24) is 28.6 Å². The van der Waals surface area contributed by atoms with Crippen LogP contribution in [0.1, 0.15) is 35.1 Å². The molecule has 1 amide bonds. The Morgan fingerprint density at radius 2 is 1.96 bits per heavy atom. The molecule has 3 aromatic heterocycles. The molecule has 0 saturated heterocycles. The number of carbonyl (C=O) groups is 1. The SMILES string of the molecule is CCCn1c(C(=O)N2Cc3cncnc3C2)cc2c(=O)n(C)c(=O)n(C)c21. The highest BCUT2D eigenvalue weighted by molar-refractivity contribution is 5.98. The number of rotatable bonds is 3. The number of amides is 1. The van der Waals surface area contributed by atoms with Crippen LogP contribution < -0.4 is 11.2 Å². The van der Waals surface area contributed by atoms with Gasteiger partial charge in [-0.1, -0.05) is 6.92 Å². The van der Waals surface area contributed by atoms with E-state index >= 15 is 0 Å². The zero-order chi connectivity index (χ0) is 19.3. The van der Waals surface area contributed by atoms with E-state index in [0.29, 0.717) is 36.4 Å². The number of aromatic nitrogens is 5. The van der Waals surface area contributed by atoms with Crippen molar-refractivity contribution in [2.45, 2.75) is 33.0 Å². The van der Waals surface area contributed by atoms with Crippen molar-refractivity contribution in [3.8, 4) is 0 Å². The van der Waals surface area contributed by atoms with Crippen LogP contribution in [0.3, 0.4) is 0 Å². The lowest BCUT2D eigenvalue weighted by Gasteiger charge is -2.17. The molecule has 0 spiro atoms.